The summed E-state index contributed by atoms with van der Waals surface area (Å²) in [7, 11) is 0. The molecule has 2 aliphatic rings. The van der Waals surface area contributed by atoms with Gasteiger partial charge in [0.05, 0.1) is 0 Å². The first-order chi connectivity index (χ1) is 22.3. The third-order valence-corrected chi connectivity index (χ3v) is 41.8. The van der Waals surface area contributed by atoms with Gasteiger partial charge in [-0.25, -0.2) is 0 Å². The van der Waals surface area contributed by atoms with E-state index in [1.54, 1.807) is 33.4 Å². The summed E-state index contributed by atoms with van der Waals surface area (Å²) in [6, 6.07) is 32.9. The van der Waals surface area contributed by atoms with Crippen LogP contribution < -0.4 is 0 Å². The Bertz CT molecular complexity index is 1650. The second-order valence-electron chi connectivity index (χ2n) is 14.1. The Morgan fingerprint density at radius 3 is 1.30 bits per heavy atom. The molecule has 0 aromatic heterocycles. The molecule has 0 bridgehead atoms. The average molecular weight is 788 g/mol. The average Bonchev–Trinajstić information content (AvgIpc) is 3.67. The number of fused-ring (bicyclic) bond motifs is 2. The third kappa shape index (κ3) is 5.87. The normalized spacial score (nSPS) is 18.2. The van der Waals surface area contributed by atoms with Crippen molar-refractivity contribution in [3.05, 3.63) is 129 Å². The van der Waals surface area contributed by atoms with Crippen molar-refractivity contribution in [2.45, 2.75) is 87.7 Å². The fraction of sp³-hybridized carbons (Fsp3) is 0.364. The molecule has 0 radical (unpaired) electrons. The molecular formula is C44H53HfSi. The maximum absolute atomic E-state index is 2.73. The summed E-state index contributed by atoms with van der Waals surface area (Å²) in [4.78, 5) is 0. The number of rotatable bonds is 11. The van der Waals surface area contributed by atoms with Gasteiger partial charge in [-0.05, 0) is 0 Å². The molecule has 0 fully saturated rings. The quantitative estimate of drug-likeness (QED) is 0.133. The molecule has 0 amide bonds. The summed E-state index contributed by atoms with van der Waals surface area (Å²) in [5, 5.41) is 0. The number of aryl methyl sites for hydroxylation is 2. The Kier molecular flexibility index (Phi) is 10.4. The fourth-order valence-electron chi connectivity index (χ4n) is 8.41. The molecule has 237 valence electrons. The SMILES string of the molecule is CCc1ccccc1-c1cccc2c1C=C(C(C)CC)[CH]2[Hf]([CH]1C(C(C)CC)=Cc2c(-c3ccccc3CC)cccc21)[SiH](C)C. The van der Waals surface area contributed by atoms with Crippen molar-refractivity contribution >= 4 is 18.1 Å². The zero-order valence-corrected chi connectivity index (χ0v) is 34.2. The second-order valence-corrected chi connectivity index (χ2v) is 42.0. The van der Waals surface area contributed by atoms with Gasteiger partial charge in [0, 0.05) is 0 Å². The van der Waals surface area contributed by atoms with Crippen molar-refractivity contribution in [3.63, 3.8) is 0 Å². The minimum atomic E-state index is -2.48. The van der Waals surface area contributed by atoms with Crippen molar-refractivity contribution in [1.82, 2.24) is 0 Å². The first-order valence-corrected chi connectivity index (χ1v) is 31.3. The van der Waals surface area contributed by atoms with E-state index in [1.165, 1.54) is 46.2 Å². The molecule has 0 heterocycles. The van der Waals surface area contributed by atoms with Crippen LogP contribution in [0.4, 0.5) is 0 Å². The molecule has 46 heavy (non-hydrogen) atoms. The molecule has 2 aliphatic carbocycles. The molecule has 2 heteroatoms. The van der Waals surface area contributed by atoms with Crippen LogP contribution in [0.15, 0.2) is 96.1 Å². The monoisotopic (exact) mass is 789 g/mol. The third-order valence-electron chi connectivity index (χ3n) is 11.3. The predicted octanol–water partition coefficient (Wildman–Crippen LogP) is 12.4. The summed E-state index contributed by atoms with van der Waals surface area (Å²) in [6.45, 7) is 19.9. The van der Waals surface area contributed by atoms with Gasteiger partial charge in [0.15, 0.2) is 0 Å². The molecule has 4 aromatic carbocycles. The minimum absolute atomic E-state index is 0.610. The predicted molar refractivity (Wildman–Crippen MR) is 202 cm³/mol. The van der Waals surface area contributed by atoms with Crippen LogP contribution in [0.1, 0.15) is 95.1 Å². The van der Waals surface area contributed by atoms with Crippen molar-refractivity contribution in [1.29, 1.82) is 0 Å². The molecule has 0 N–H and O–H groups in total. The Morgan fingerprint density at radius 1 is 0.543 bits per heavy atom. The molecule has 0 saturated carbocycles. The molecule has 0 nitrogen and oxygen atoms in total. The zero-order valence-electron chi connectivity index (χ0n) is 29.5. The summed E-state index contributed by atoms with van der Waals surface area (Å²) in [5.41, 5.74) is 18.7. The van der Waals surface area contributed by atoms with Crippen LogP contribution >= 0.6 is 0 Å². The molecule has 4 aromatic rings. The van der Waals surface area contributed by atoms with E-state index in [4.69, 9.17) is 0 Å². The van der Waals surface area contributed by atoms with Gasteiger partial charge in [-0.15, -0.1) is 0 Å². The first-order valence-electron chi connectivity index (χ1n) is 18.1. The Balaban J connectivity index is 1.57. The molecule has 0 aliphatic heterocycles. The van der Waals surface area contributed by atoms with E-state index in [9.17, 15) is 0 Å². The van der Waals surface area contributed by atoms with Crippen molar-refractivity contribution in [2.75, 3.05) is 0 Å². The zero-order chi connectivity index (χ0) is 32.5. The maximum atomic E-state index is 2.73. The van der Waals surface area contributed by atoms with E-state index < -0.39 is 26.6 Å². The van der Waals surface area contributed by atoms with Gasteiger partial charge in [0.25, 0.3) is 0 Å². The Hall–Kier alpha value is -2.55. The molecular weight excluding hydrogens is 735 g/mol. The number of allylic oxidation sites excluding steroid dienone is 2. The van der Waals surface area contributed by atoms with E-state index in [0.717, 1.165) is 12.8 Å². The van der Waals surface area contributed by atoms with E-state index >= 15 is 0 Å². The van der Waals surface area contributed by atoms with Crippen molar-refractivity contribution in [2.24, 2.45) is 11.8 Å². The van der Waals surface area contributed by atoms with Gasteiger partial charge < -0.3 is 0 Å². The standard InChI is InChI=1S/2C21H23.C2H7Si.Hf/c2*1-4-15(3)18-13-17-10-8-12-20(21(17)14-18)19-11-7-6-9-16(19)5-2;1-3-2;/h2*6-15H,4-5H2,1-3H3;3H,1-2H3;. The van der Waals surface area contributed by atoms with Crippen LogP contribution in [0.5, 0.6) is 0 Å². The molecule has 4 unspecified atom stereocenters. The summed E-state index contributed by atoms with van der Waals surface area (Å²) >= 11 is -2.48. The van der Waals surface area contributed by atoms with Gasteiger partial charge >= 0.3 is 290 Å². The van der Waals surface area contributed by atoms with Crippen LogP contribution in [-0.4, -0.2) is 5.98 Å². The van der Waals surface area contributed by atoms with Crippen LogP contribution in [0, 0.1) is 11.8 Å². The number of hydrogen-bond acceptors (Lipinski definition) is 0. The summed E-state index contributed by atoms with van der Waals surface area (Å²) in [5.74, 6) is 0.250. The summed E-state index contributed by atoms with van der Waals surface area (Å²) in [6.07, 6.45) is 9.96. The van der Waals surface area contributed by atoms with E-state index in [-0.39, 0.29) is 0 Å². The first kappa shape index (κ1) is 33.4. The van der Waals surface area contributed by atoms with Gasteiger partial charge in [0.2, 0.25) is 0 Å². The van der Waals surface area contributed by atoms with Gasteiger partial charge in [0.1, 0.15) is 0 Å². The molecule has 0 saturated heterocycles. The van der Waals surface area contributed by atoms with E-state index in [1.807, 2.05) is 0 Å². The number of hydrogen-bond donors (Lipinski definition) is 0. The topological polar surface area (TPSA) is 0 Å². The van der Waals surface area contributed by atoms with Crippen LogP contribution in [0.3, 0.4) is 0 Å². The van der Waals surface area contributed by atoms with Gasteiger partial charge in [-0.1, -0.05) is 0 Å². The van der Waals surface area contributed by atoms with Gasteiger partial charge in [-0.2, -0.15) is 0 Å². The van der Waals surface area contributed by atoms with E-state index in [2.05, 4.69) is 152 Å². The van der Waals surface area contributed by atoms with E-state index in [0.29, 0.717) is 19.2 Å². The molecule has 4 atom stereocenters. The fourth-order valence-corrected chi connectivity index (χ4v) is 41.2. The van der Waals surface area contributed by atoms with Crippen molar-refractivity contribution in [3.8, 4) is 22.3 Å². The molecule has 6 rings (SSSR count). The second kappa shape index (κ2) is 14.3. The Labute approximate surface area is 288 Å². The van der Waals surface area contributed by atoms with Crippen LogP contribution in [0.2, 0.25) is 13.1 Å². The van der Waals surface area contributed by atoms with Crippen molar-refractivity contribution < 1.29 is 20.6 Å². The van der Waals surface area contributed by atoms with Crippen LogP contribution in [-0.2, 0) is 33.4 Å². The molecule has 0 spiro atoms. The number of benzene rings is 4. The Morgan fingerprint density at radius 2 is 0.935 bits per heavy atom. The summed E-state index contributed by atoms with van der Waals surface area (Å²) < 4.78 is 1.34. The van der Waals surface area contributed by atoms with Gasteiger partial charge in [-0.3, -0.25) is 0 Å². The van der Waals surface area contributed by atoms with Crippen LogP contribution in [0.25, 0.3) is 34.4 Å².